The number of nitrogens with zero attached hydrogens (tertiary/aromatic N) is 1. The molecule has 2 N–H and O–H groups in total. The molecule has 0 bridgehead atoms. The van der Waals surface area contributed by atoms with Crippen LogP contribution in [0.15, 0.2) is 66.1 Å². The number of para-hydroxylation sites is 1. The number of imide groups is 1. The first-order valence-electron chi connectivity index (χ1n) is 9.89. The zero-order valence-corrected chi connectivity index (χ0v) is 18.1. The number of esters is 1. The van der Waals surface area contributed by atoms with Crippen LogP contribution in [-0.2, 0) is 26.0 Å². The summed E-state index contributed by atoms with van der Waals surface area (Å²) < 4.78 is 32.5. The van der Waals surface area contributed by atoms with Crippen LogP contribution in [0.1, 0.15) is 22.3 Å². The van der Waals surface area contributed by atoms with Crippen LogP contribution in [0.25, 0.3) is 0 Å². The molecule has 0 aromatic heterocycles. The Balaban J connectivity index is 1.63. The molecule has 0 saturated carbocycles. The minimum Gasteiger partial charge on any atom is -0.452 e. The zero-order valence-electron chi connectivity index (χ0n) is 17.2. The van der Waals surface area contributed by atoms with Gasteiger partial charge in [-0.3, -0.25) is 14.4 Å². The van der Waals surface area contributed by atoms with Crippen LogP contribution in [0.2, 0.25) is 0 Å². The monoisotopic (exact) mass is 457 g/mol. The lowest BCUT2D eigenvalue weighted by Crippen LogP contribution is -2.41. The van der Waals surface area contributed by atoms with Gasteiger partial charge in [-0.05, 0) is 48.7 Å². The average molecular weight is 458 g/mol. The van der Waals surface area contributed by atoms with E-state index in [1.807, 2.05) is 17.4 Å². The Labute approximate surface area is 186 Å². The van der Waals surface area contributed by atoms with E-state index in [2.05, 4.69) is 11.9 Å². The molecule has 32 heavy (non-hydrogen) atoms. The highest BCUT2D eigenvalue weighted by molar-refractivity contribution is 7.92. The van der Waals surface area contributed by atoms with Gasteiger partial charge < -0.3 is 10.1 Å². The van der Waals surface area contributed by atoms with Gasteiger partial charge >= 0.3 is 12.0 Å². The third-order valence-corrected chi connectivity index (χ3v) is 6.57. The normalized spacial score (nSPS) is 12.9. The van der Waals surface area contributed by atoms with Crippen molar-refractivity contribution in [3.05, 3.63) is 72.3 Å². The molecule has 1 aliphatic rings. The first-order valence-corrected chi connectivity index (χ1v) is 11.3. The van der Waals surface area contributed by atoms with E-state index < -0.39 is 34.5 Å². The third-order valence-electron chi connectivity index (χ3n) is 4.74. The van der Waals surface area contributed by atoms with E-state index in [9.17, 15) is 22.8 Å². The summed E-state index contributed by atoms with van der Waals surface area (Å²) in [5.41, 5.74) is 1.70. The molecule has 168 valence electrons. The van der Waals surface area contributed by atoms with Crippen LogP contribution in [0, 0.1) is 0 Å². The summed E-state index contributed by atoms with van der Waals surface area (Å²) in [6.07, 6.45) is 2.97. The van der Waals surface area contributed by atoms with Gasteiger partial charge in [0.1, 0.15) is 0 Å². The lowest BCUT2D eigenvalue weighted by molar-refractivity contribution is -0.123. The Morgan fingerprint density at radius 3 is 2.53 bits per heavy atom. The van der Waals surface area contributed by atoms with Crippen molar-refractivity contribution < 1.29 is 27.5 Å². The maximum atomic E-state index is 13.1. The first-order chi connectivity index (χ1) is 15.3. The molecule has 0 atom stereocenters. The Hall–Kier alpha value is -3.66. The second kappa shape index (κ2) is 10.1. The van der Waals surface area contributed by atoms with Crippen molar-refractivity contribution >= 4 is 33.6 Å². The fraction of sp³-hybridized carbons (Fsp3) is 0.227. The van der Waals surface area contributed by atoms with Gasteiger partial charge in [0.15, 0.2) is 6.61 Å². The van der Waals surface area contributed by atoms with E-state index in [-0.39, 0.29) is 17.0 Å². The molecule has 0 radical (unpaired) electrons. The van der Waals surface area contributed by atoms with Crippen molar-refractivity contribution in [2.45, 2.75) is 17.7 Å². The highest BCUT2D eigenvalue weighted by Crippen LogP contribution is 2.31. The molecule has 0 unspecified atom stereocenters. The SMILES string of the molecule is C=CCNC(=O)NC(=O)COC(=O)c1ccc(S(=O)(=O)N2CCCc3ccccc32)cc1. The van der Waals surface area contributed by atoms with Crippen LogP contribution >= 0.6 is 0 Å². The molecule has 3 amide bonds. The minimum absolute atomic E-state index is 0.0439. The average Bonchev–Trinajstić information content (AvgIpc) is 2.80. The number of carbonyl (C=O) groups is 3. The lowest BCUT2D eigenvalue weighted by Gasteiger charge is -2.30. The molecule has 2 aromatic rings. The van der Waals surface area contributed by atoms with Gasteiger partial charge in [0.05, 0.1) is 16.1 Å². The van der Waals surface area contributed by atoms with E-state index in [4.69, 9.17) is 4.74 Å². The molecular weight excluding hydrogens is 434 g/mol. The maximum Gasteiger partial charge on any atom is 0.338 e. The molecule has 9 nitrogen and oxygen atoms in total. The molecule has 10 heteroatoms. The number of fused-ring (bicyclic) bond motifs is 1. The topological polar surface area (TPSA) is 122 Å². The molecule has 2 aromatic carbocycles. The van der Waals surface area contributed by atoms with Crippen LogP contribution in [0.5, 0.6) is 0 Å². The lowest BCUT2D eigenvalue weighted by atomic mass is 10.0. The predicted octanol–water partition coefficient (Wildman–Crippen LogP) is 2.00. The molecule has 1 heterocycles. The molecule has 0 spiro atoms. The van der Waals surface area contributed by atoms with Gasteiger partial charge in [-0.15, -0.1) is 6.58 Å². The second-order valence-electron chi connectivity index (χ2n) is 6.96. The summed E-state index contributed by atoms with van der Waals surface area (Å²) >= 11 is 0. The van der Waals surface area contributed by atoms with Gasteiger partial charge in [-0.1, -0.05) is 24.3 Å². The smallest absolute Gasteiger partial charge is 0.338 e. The van der Waals surface area contributed by atoms with E-state index in [0.29, 0.717) is 18.7 Å². The van der Waals surface area contributed by atoms with Gasteiger partial charge in [-0.25, -0.2) is 18.0 Å². The van der Waals surface area contributed by atoms with E-state index >= 15 is 0 Å². The van der Waals surface area contributed by atoms with E-state index in [1.165, 1.54) is 34.6 Å². The number of anilines is 1. The minimum atomic E-state index is -3.80. The Kier molecular flexibility index (Phi) is 7.26. The summed E-state index contributed by atoms with van der Waals surface area (Å²) in [4.78, 5) is 35.2. The van der Waals surface area contributed by atoms with Crippen molar-refractivity contribution in [2.75, 3.05) is 24.0 Å². The van der Waals surface area contributed by atoms with Crippen molar-refractivity contribution in [1.82, 2.24) is 10.6 Å². The summed E-state index contributed by atoms with van der Waals surface area (Å²) in [7, 11) is -3.80. The van der Waals surface area contributed by atoms with Gasteiger partial charge in [0, 0.05) is 13.1 Å². The highest BCUT2D eigenvalue weighted by atomic mass is 32.2. The maximum absolute atomic E-state index is 13.1. The Morgan fingerprint density at radius 1 is 1.09 bits per heavy atom. The van der Waals surface area contributed by atoms with Crippen molar-refractivity contribution in [1.29, 1.82) is 0 Å². The number of hydrogen-bond donors (Lipinski definition) is 2. The number of benzene rings is 2. The number of hydrogen-bond acceptors (Lipinski definition) is 6. The summed E-state index contributed by atoms with van der Waals surface area (Å²) in [5, 5.41) is 4.34. The third kappa shape index (κ3) is 5.33. The van der Waals surface area contributed by atoms with E-state index in [1.54, 1.807) is 12.1 Å². The standard InChI is InChI=1S/C22H23N3O6S/c1-2-13-23-22(28)24-20(26)15-31-21(27)17-9-11-18(12-10-17)32(29,30)25-14-5-7-16-6-3-4-8-19(16)25/h2-4,6,8-12H,1,5,7,13-15H2,(H2,23,24,26,28). The highest BCUT2D eigenvalue weighted by Gasteiger charge is 2.29. The largest absolute Gasteiger partial charge is 0.452 e. The Morgan fingerprint density at radius 2 is 1.81 bits per heavy atom. The molecule has 0 fully saturated rings. The van der Waals surface area contributed by atoms with Crippen LogP contribution in [-0.4, -0.2) is 46.0 Å². The number of rotatable bonds is 7. The number of ether oxygens (including phenoxy) is 1. The molecule has 0 aliphatic carbocycles. The second-order valence-corrected chi connectivity index (χ2v) is 8.82. The number of carbonyl (C=O) groups excluding carboxylic acids is 3. The van der Waals surface area contributed by atoms with Crippen molar-refractivity contribution in [3.63, 3.8) is 0 Å². The summed E-state index contributed by atoms with van der Waals surface area (Å²) in [6.45, 7) is 3.32. The molecular formula is C22H23N3O6S. The van der Waals surface area contributed by atoms with Gasteiger partial charge in [0.2, 0.25) is 0 Å². The fourth-order valence-corrected chi connectivity index (χ4v) is 4.77. The number of aryl methyl sites for hydroxylation is 1. The van der Waals surface area contributed by atoms with Crippen LogP contribution < -0.4 is 14.9 Å². The Bertz CT molecular complexity index is 1130. The van der Waals surface area contributed by atoms with Crippen molar-refractivity contribution in [3.8, 4) is 0 Å². The summed E-state index contributed by atoms with van der Waals surface area (Å²) in [6, 6.07) is 11.9. The van der Waals surface area contributed by atoms with Crippen LogP contribution in [0.4, 0.5) is 10.5 Å². The zero-order chi connectivity index (χ0) is 23.1. The fourth-order valence-electron chi connectivity index (χ4n) is 3.23. The number of amides is 3. The molecule has 0 saturated heterocycles. The van der Waals surface area contributed by atoms with Gasteiger partial charge in [0.25, 0.3) is 15.9 Å². The number of nitrogens with one attached hydrogen (secondary N) is 2. The van der Waals surface area contributed by atoms with Crippen LogP contribution in [0.3, 0.4) is 0 Å². The molecule has 3 rings (SSSR count). The molecule has 1 aliphatic heterocycles. The summed E-state index contributed by atoms with van der Waals surface area (Å²) in [5.74, 6) is -1.62. The van der Waals surface area contributed by atoms with Crippen molar-refractivity contribution in [2.24, 2.45) is 0 Å². The quantitative estimate of drug-likeness (QED) is 0.484. The first kappa shape index (κ1) is 23.0. The van der Waals surface area contributed by atoms with Gasteiger partial charge in [-0.2, -0.15) is 0 Å². The van der Waals surface area contributed by atoms with E-state index in [0.717, 1.165) is 12.0 Å². The number of sulfonamides is 1. The number of urea groups is 1. The predicted molar refractivity (Wildman–Crippen MR) is 118 cm³/mol.